The van der Waals surface area contributed by atoms with Gasteiger partial charge in [0.2, 0.25) is 0 Å². The number of benzene rings is 1. The Morgan fingerprint density at radius 2 is 2.27 bits per heavy atom. The Kier molecular flexibility index (Phi) is 2.57. The van der Waals surface area contributed by atoms with Gasteiger partial charge in [-0.25, -0.2) is 10.3 Å². The molecule has 0 heterocycles. The number of nitrogens with two attached hydrogens (primary N) is 1. The highest BCUT2D eigenvalue weighted by Gasteiger charge is 2.00. The summed E-state index contributed by atoms with van der Waals surface area (Å²) in [6.07, 6.45) is 0. The van der Waals surface area contributed by atoms with Crippen LogP contribution in [0.1, 0.15) is 11.1 Å². The molecule has 0 radical (unpaired) electrons. The van der Waals surface area contributed by atoms with Crippen LogP contribution in [0, 0.1) is 12.7 Å². The van der Waals surface area contributed by atoms with Gasteiger partial charge in [0, 0.05) is 5.56 Å². The van der Waals surface area contributed by atoms with E-state index in [4.69, 9.17) is 5.90 Å². The van der Waals surface area contributed by atoms with E-state index in [0.29, 0.717) is 5.56 Å². The SMILES string of the molecule is Cc1ccc(CON)c(F)c1. The predicted molar refractivity (Wildman–Crippen MR) is 40.1 cm³/mol. The van der Waals surface area contributed by atoms with Crippen molar-refractivity contribution >= 4 is 0 Å². The molecule has 0 atom stereocenters. The van der Waals surface area contributed by atoms with E-state index in [1.807, 2.05) is 13.0 Å². The lowest BCUT2D eigenvalue weighted by molar-refractivity contribution is 0.121. The van der Waals surface area contributed by atoms with Crippen LogP contribution in [-0.2, 0) is 11.4 Å². The summed E-state index contributed by atoms with van der Waals surface area (Å²) in [6, 6.07) is 4.93. The molecule has 0 fully saturated rings. The summed E-state index contributed by atoms with van der Waals surface area (Å²) in [5.74, 6) is 4.53. The Hall–Kier alpha value is -0.930. The molecule has 1 aromatic rings. The van der Waals surface area contributed by atoms with Crippen LogP contribution in [-0.4, -0.2) is 0 Å². The second-order valence-corrected chi connectivity index (χ2v) is 2.41. The van der Waals surface area contributed by atoms with Gasteiger partial charge in [-0.1, -0.05) is 12.1 Å². The van der Waals surface area contributed by atoms with Crippen LogP contribution in [0.3, 0.4) is 0 Å². The maximum atomic E-state index is 12.9. The van der Waals surface area contributed by atoms with Gasteiger partial charge in [0.15, 0.2) is 0 Å². The molecular weight excluding hydrogens is 145 g/mol. The Labute approximate surface area is 64.7 Å². The maximum Gasteiger partial charge on any atom is 0.129 e. The smallest absolute Gasteiger partial charge is 0.129 e. The first-order valence-electron chi connectivity index (χ1n) is 3.30. The van der Waals surface area contributed by atoms with Crippen LogP contribution in [0.5, 0.6) is 0 Å². The van der Waals surface area contributed by atoms with Crippen molar-refractivity contribution in [3.8, 4) is 0 Å². The lowest BCUT2D eigenvalue weighted by atomic mass is 10.1. The third kappa shape index (κ3) is 2.00. The van der Waals surface area contributed by atoms with E-state index >= 15 is 0 Å². The van der Waals surface area contributed by atoms with Crippen LogP contribution >= 0.6 is 0 Å². The topological polar surface area (TPSA) is 35.2 Å². The Morgan fingerprint density at radius 1 is 1.55 bits per heavy atom. The fourth-order valence-electron chi connectivity index (χ4n) is 0.859. The van der Waals surface area contributed by atoms with Crippen molar-refractivity contribution in [3.05, 3.63) is 35.1 Å². The molecule has 2 nitrogen and oxygen atoms in total. The normalized spacial score (nSPS) is 10.1. The van der Waals surface area contributed by atoms with E-state index in [1.54, 1.807) is 6.07 Å². The minimum Gasteiger partial charge on any atom is -0.300 e. The van der Waals surface area contributed by atoms with Crippen molar-refractivity contribution in [2.45, 2.75) is 13.5 Å². The molecular formula is C8H10FNO. The van der Waals surface area contributed by atoms with Crippen molar-refractivity contribution in [2.24, 2.45) is 5.90 Å². The van der Waals surface area contributed by atoms with E-state index in [1.165, 1.54) is 6.07 Å². The zero-order valence-electron chi connectivity index (χ0n) is 6.30. The average Bonchev–Trinajstić information content (AvgIpc) is 1.95. The molecule has 0 spiro atoms. The van der Waals surface area contributed by atoms with Gasteiger partial charge in [-0.2, -0.15) is 0 Å². The third-order valence-corrected chi connectivity index (χ3v) is 1.45. The van der Waals surface area contributed by atoms with Crippen molar-refractivity contribution in [2.75, 3.05) is 0 Å². The first-order valence-corrected chi connectivity index (χ1v) is 3.30. The van der Waals surface area contributed by atoms with E-state index in [9.17, 15) is 4.39 Å². The van der Waals surface area contributed by atoms with Gasteiger partial charge in [-0.15, -0.1) is 0 Å². The monoisotopic (exact) mass is 155 g/mol. The Balaban J connectivity index is 2.90. The summed E-state index contributed by atoms with van der Waals surface area (Å²) in [4.78, 5) is 4.31. The predicted octanol–water partition coefficient (Wildman–Crippen LogP) is 1.52. The van der Waals surface area contributed by atoms with Crippen molar-refractivity contribution < 1.29 is 9.23 Å². The summed E-state index contributed by atoms with van der Waals surface area (Å²) in [5, 5.41) is 0. The summed E-state index contributed by atoms with van der Waals surface area (Å²) >= 11 is 0. The maximum absolute atomic E-state index is 12.9. The molecule has 0 aliphatic heterocycles. The fourth-order valence-corrected chi connectivity index (χ4v) is 0.859. The second kappa shape index (κ2) is 3.46. The number of hydrogen-bond donors (Lipinski definition) is 1. The van der Waals surface area contributed by atoms with Gasteiger partial charge >= 0.3 is 0 Å². The summed E-state index contributed by atoms with van der Waals surface area (Å²) in [7, 11) is 0. The number of hydrogen-bond acceptors (Lipinski definition) is 2. The molecule has 0 aliphatic rings. The summed E-state index contributed by atoms with van der Waals surface area (Å²) in [6.45, 7) is 1.95. The van der Waals surface area contributed by atoms with Crippen LogP contribution in [0.4, 0.5) is 4.39 Å². The zero-order chi connectivity index (χ0) is 8.27. The minimum absolute atomic E-state index is 0.117. The van der Waals surface area contributed by atoms with E-state index < -0.39 is 0 Å². The lowest BCUT2D eigenvalue weighted by Crippen LogP contribution is -2.01. The fraction of sp³-hybridized carbons (Fsp3) is 0.250. The molecule has 1 rings (SSSR count). The number of halogens is 1. The first-order chi connectivity index (χ1) is 5.24. The van der Waals surface area contributed by atoms with Crippen LogP contribution in [0.2, 0.25) is 0 Å². The van der Waals surface area contributed by atoms with Gasteiger partial charge < -0.3 is 0 Å². The van der Waals surface area contributed by atoms with Crippen LogP contribution in [0.25, 0.3) is 0 Å². The molecule has 1 aromatic carbocycles. The van der Waals surface area contributed by atoms with Crippen molar-refractivity contribution in [1.29, 1.82) is 0 Å². The first kappa shape index (κ1) is 8.17. The molecule has 0 aromatic heterocycles. The van der Waals surface area contributed by atoms with E-state index in [0.717, 1.165) is 5.56 Å². The zero-order valence-corrected chi connectivity index (χ0v) is 6.30. The van der Waals surface area contributed by atoms with E-state index in [2.05, 4.69) is 4.84 Å². The van der Waals surface area contributed by atoms with Gasteiger partial charge in [-0.3, -0.25) is 4.84 Å². The highest BCUT2D eigenvalue weighted by atomic mass is 19.1. The molecule has 0 amide bonds. The standard InChI is InChI=1S/C8H10FNO/c1-6-2-3-7(5-11-10)8(9)4-6/h2-4H,5,10H2,1H3. The molecule has 0 saturated carbocycles. The van der Waals surface area contributed by atoms with Gasteiger partial charge in [0.25, 0.3) is 0 Å². The summed E-state index contributed by atoms with van der Waals surface area (Å²) < 4.78 is 12.9. The lowest BCUT2D eigenvalue weighted by Gasteiger charge is -2.00. The number of aryl methyl sites for hydroxylation is 1. The quantitative estimate of drug-likeness (QED) is 0.657. The molecule has 60 valence electrons. The Bertz CT molecular complexity index is 250. The average molecular weight is 155 g/mol. The van der Waals surface area contributed by atoms with Gasteiger partial charge in [-0.05, 0) is 18.6 Å². The van der Waals surface area contributed by atoms with Crippen LogP contribution < -0.4 is 5.90 Å². The minimum atomic E-state index is -0.268. The Morgan fingerprint density at radius 3 is 2.82 bits per heavy atom. The van der Waals surface area contributed by atoms with Gasteiger partial charge in [0.1, 0.15) is 5.82 Å². The molecule has 0 aliphatic carbocycles. The molecule has 0 saturated heterocycles. The highest BCUT2D eigenvalue weighted by molar-refractivity contribution is 5.22. The molecule has 0 unspecified atom stereocenters. The number of rotatable bonds is 2. The van der Waals surface area contributed by atoms with E-state index in [-0.39, 0.29) is 12.4 Å². The molecule has 2 N–H and O–H groups in total. The molecule has 11 heavy (non-hydrogen) atoms. The molecule has 3 heteroatoms. The van der Waals surface area contributed by atoms with Gasteiger partial charge in [0.05, 0.1) is 6.61 Å². The highest BCUT2D eigenvalue weighted by Crippen LogP contribution is 2.09. The molecule has 0 bridgehead atoms. The second-order valence-electron chi connectivity index (χ2n) is 2.41. The van der Waals surface area contributed by atoms with Crippen LogP contribution in [0.15, 0.2) is 18.2 Å². The summed E-state index contributed by atoms with van der Waals surface area (Å²) in [5.41, 5.74) is 1.38. The third-order valence-electron chi connectivity index (χ3n) is 1.45. The van der Waals surface area contributed by atoms with Crippen molar-refractivity contribution in [1.82, 2.24) is 0 Å². The largest absolute Gasteiger partial charge is 0.300 e. The van der Waals surface area contributed by atoms with Crippen molar-refractivity contribution in [3.63, 3.8) is 0 Å².